The van der Waals surface area contributed by atoms with Crippen LogP contribution in [0.25, 0.3) is 66.4 Å². The molecule has 0 unspecified atom stereocenters. The Morgan fingerprint density at radius 2 is 1.18 bits per heavy atom. The first-order valence-electron chi connectivity index (χ1n) is 15.0. The smallest absolute Gasteiger partial charge is 0.228 e. The normalized spacial score (nSPS) is 11.6. The fourth-order valence-electron chi connectivity index (χ4n) is 6.39. The maximum Gasteiger partial charge on any atom is 0.228 e. The third-order valence-corrected chi connectivity index (χ3v) is 8.47. The van der Waals surface area contributed by atoms with E-state index in [2.05, 4.69) is 126 Å². The van der Waals surface area contributed by atoms with Gasteiger partial charge in [0.15, 0.2) is 5.58 Å². The van der Waals surface area contributed by atoms with E-state index in [-0.39, 0.29) is 0 Å². The van der Waals surface area contributed by atoms with E-state index in [1.54, 1.807) is 0 Å². The molecule has 0 aliphatic heterocycles. The molecule has 0 N–H and O–H groups in total. The van der Waals surface area contributed by atoms with Gasteiger partial charge in [-0.15, -0.1) is 0 Å². The van der Waals surface area contributed by atoms with E-state index in [1.807, 2.05) is 36.4 Å². The van der Waals surface area contributed by atoms with E-state index in [0.29, 0.717) is 5.89 Å². The molecule has 7 aromatic carbocycles. The minimum Gasteiger partial charge on any atom is -0.456 e. The number of furan rings is 1. The highest BCUT2D eigenvalue weighted by Crippen LogP contribution is 2.44. The first-order valence-corrected chi connectivity index (χ1v) is 15.0. The Morgan fingerprint density at radius 3 is 2.02 bits per heavy atom. The van der Waals surface area contributed by atoms with Crippen LogP contribution < -0.4 is 4.90 Å². The van der Waals surface area contributed by atoms with E-state index in [4.69, 9.17) is 13.8 Å². The first kappa shape index (κ1) is 25.4. The molecular weight excluding hydrogens is 552 g/mol. The van der Waals surface area contributed by atoms with Gasteiger partial charge in [0.1, 0.15) is 16.7 Å². The van der Waals surface area contributed by atoms with Gasteiger partial charge in [-0.1, -0.05) is 97.1 Å². The molecular formula is C41H26N2O2. The number of benzene rings is 7. The van der Waals surface area contributed by atoms with Crippen LogP contribution in [-0.2, 0) is 0 Å². The first-order chi connectivity index (χ1) is 22.3. The van der Waals surface area contributed by atoms with Gasteiger partial charge < -0.3 is 13.7 Å². The zero-order valence-corrected chi connectivity index (χ0v) is 24.2. The second-order valence-corrected chi connectivity index (χ2v) is 11.2. The van der Waals surface area contributed by atoms with Crippen LogP contribution in [0.2, 0.25) is 0 Å². The van der Waals surface area contributed by atoms with Crippen LogP contribution in [0.3, 0.4) is 0 Å². The number of hydrogen-bond acceptors (Lipinski definition) is 4. The molecule has 0 bridgehead atoms. The van der Waals surface area contributed by atoms with Crippen molar-refractivity contribution in [1.29, 1.82) is 0 Å². The predicted octanol–water partition coefficient (Wildman–Crippen LogP) is 11.7. The second-order valence-electron chi connectivity index (χ2n) is 11.2. The van der Waals surface area contributed by atoms with E-state index < -0.39 is 0 Å². The van der Waals surface area contributed by atoms with E-state index in [0.717, 1.165) is 77.6 Å². The highest BCUT2D eigenvalue weighted by Gasteiger charge is 2.21. The molecule has 212 valence electrons. The average Bonchev–Trinajstić information content (AvgIpc) is 3.69. The van der Waals surface area contributed by atoms with Gasteiger partial charge in [-0.2, -0.15) is 0 Å². The molecule has 0 atom stereocenters. The van der Waals surface area contributed by atoms with Gasteiger partial charge in [-0.25, -0.2) is 4.98 Å². The molecule has 9 aromatic rings. The SMILES string of the molecule is c1ccc(-c2ccccc2N(c2ccccc2)c2ccc3c(c2)oc2cccc(-c4nc5cc6ccccc6cc5o4)c23)cc1. The standard InChI is InChI=1S/C41H26N2O2/c1-3-12-27(13-4-1)32-18-9-10-20-36(32)43(30-16-5-2-6-17-30)31-22-23-33-38(26-31)44-37-21-11-19-34(40(33)37)41-42-35-24-28-14-7-8-15-29(28)25-39(35)45-41/h1-26H. The summed E-state index contributed by atoms with van der Waals surface area (Å²) in [6, 6.07) is 54.5. The Morgan fingerprint density at radius 1 is 0.467 bits per heavy atom. The zero-order chi connectivity index (χ0) is 29.7. The number of aromatic nitrogens is 1. The van der Waals surface area contributed by atoms with Crippen molar-refractivity contribution in [2.75, 3.05) is 4.90 Å². The summed E-state index contributed by atoms with van der Waals surface area (Å²) in [5.41, 5.74) is 9.59. The molecule has 0 aliphatic rings. The summed E-state index contributed by atoms with van der Waals surface area (Å²) in [6.45, 7) is 0. The summed E-state index contributed by atoms with van der Waals surface area (Å²) in [5.74, 6) is 0.584. The molecule has 0 saturated heterocycles. The van der Waals surface area contributed by atoms with Crippen molar-refractivity contribution in [3.05, 3.63) is 158 Å². The van der Waals surface area contributed by atoms with Gasteiger partial charge in [0.05, 0.1) is 5.69 Å². The lowest BCUT2D eigenvalue weighted by atomic mass is 10.0. The molecule has 4 heteroatoms. The molecule has 0 fully saturated rings. The Balaban J connectivity index is 1.22. The zero-order valence-electron chi connectivity index (χ0n) is 24.2. The summed E-state index contributed by atoms with van der Waals surface area (Å²) >= 11 is 0. The number of hydrogen-bond donors (Lipinski definition) is 0. The lowest BCUT2D eigenvalue weighted by Crippen LogP contribution is -2.11. The van der Waals surface area contributed by atoms with Crippen molar-refractivity contribution in [2.24, 2.45) is 0 Å². The Hall–Kier alpha value is -6.13. The fourth-order valence-corrected chi connectivity index (χ4v) is 6.39. The topological polar surface area (TPSA) is 42.4 Å². The van der Waals surface area contributed by atoms with Crippen molar-refractivity contribution < 1.29 is 8.83 Å². The van der Waals surface area contributed by atoms with Crippen molar-refractivity contribution in [3.63, 3.8) is 0 Å². The van der Waals surface area contributed by atoms with Crippen LogP contribution in [0, 0.1) is 0 Å². The Labute approximate surface area is 259 Å². The maximum absolute atomic E-state index is 6.53. The van der Waals surface area contributed by atoms with Crippen LogP contribution >= 0.6 is 0 Å². The van der Waals surface area contributed by atoms with Crippen LogP contribution in [0.5, 0.6) is 0 Å². The minimum atomic E-state index is 0.584. The molecule has 0 aliphatic carbocycles. The quantitative estimate of drug-likeness (QED) is 0.204. The number of anilines is 3. The highest BCUT2D eigenvalue weighted by molar-refractivity contribution is 6.13. The number of fused-ring (bicyclic) bond motifs is 5. The molecule has 2 heterocycles. The minimum absolute atomic E-state index is 0.584. The van der Waals surface area contributed by atoms with Gasteiger partial charge in [0, 0.05) is 39.3 Å². The average molecular weight is 579 g/mol. The van der Waals surface area contributed by atoms with Gasteiger partial charge in [0.2, 0.25) is 5.89 Å². The molecule has 0 spiro atoms. The lowest BCUT2D eigenvalue weighted by molar-refractivity contribution is 0.620. The summed E-state index contributed by atoms with van der Waals surface area (Å²) < 4.78 is 12.9. The van der Waals surface area contributed by atoms with Crippen molar-refractivity contribution in [1.82, 2.24) is 4.98 Å². The Bertz CT molecular complexity index is 2440. The monoisotopic (exact) mass is 578 g/mol. The number of rotatable bonds is 5. The molecule has 4 nitrogen and oxygen atoms in total. The lowest BCUT2D eigenvalue weighted by Gasteiger charge is -2.27. The van der Waals surface area contributed by atoms with Gasteiger partial charge in [-0.05, 0) is 70.9 Å². The van der Waals surface area contributed by atoms with Crippen LogP contribution in [-0.4, -0.2) is 4.98 Å². The molecule has 2 aromatic heterocycles. The third kappa shape index (κ3) is 4.27. The van der Waals surface area contributed by atoms with Crippen LogP contribution in [0.15, 0.2) is 167 Å². The van der Waals surface area contributed by atoms with Gasteiger partial charge >= 0.3 is 0 Å². The Kier molecular flexibility index (Phi) is 5.78. The highest BCUT2D eigenvalue weighted by atomic mass is 16.3. The summed E-state index contributed by atoms with van der Waals surface area (Å²) in [7, 11) is 0. The molecule has 45 heavy (non-hydrogen) atoms. The van der Waals surface area contributed by atoms with Crippen LogP contribution in [0.4, 0.5) is 17.1 Å². The van der Waals surface area contributed by atoms with E-state index in [1.165, 1.54) is 0 Å². The largest absolute Gasteiger partial charge is 0.456 e. The number of oxazole rings is 1. The van der Waals surface area contributed by atoms with Crippen molar-refractivity contribution >= 4 is 60.9 Å². The predicted molar refractivity (Wildman–Crippen MR) is 184 cm³/mol. The van der Waals surface area contributed by atoms with Gasteiger partial charge in [0.25, 0.3) is 0 Å². The van der Waals surface area contributed by atoms with Gasteiger partial charge in [-0.3, -0.25) is 0 Å². The summed E-state index contributed by atoms with van der Waals surface area (Å²) in [6.07, 6.45) is 0. The fraction of sp³-hybridized carbons (Fsp3) is 0. The van der Waals surface area contributed by atoms with E-state index >= 15 is 0 Å². The molecule has 0 amide bonds. The summed E-state index contributed by atoms with van der Waals surface area (Å²) in [4.78, 5) is 7.21. The second kappa shape index (κ2) is 10.2. The molecule has 0 saturated carbocycles. The maximum atomic E-state index is 6.53. The van der Waals surface area contributed by atoms with Crippen LogP contribution in [0.1, 0.15) is 0 Å². The molecule has 9 rings (SSSR count). The van der Waals surface area contributed by atoms with Crippen molar-refractivity contribution in [3.8, 4) is 22.6 Å². The summed E-state index contributed by atoms with van der Waals surface area (Å²) in [5, 5.41) is 4.28. The third-order valence-electron chi connectivity index (χ3n) is 8.47. The molecule has 0 radical (unpaired) electrons. The number of para-hydroxylation sites is 2. The van der Waals surface area contributed by atoms with Crippen molar-refractivity contribution in [2.45, 2.75) is 0 Å². The number of nitrogens with zero attached hydrogens (tertiary/aromatic N) is 2. The van der Waals surface area contributed by atoms with E-state index in [9.17, 15) is 0 Å².